The number of carbonyl (C=O) groups is 1. The Balaban J connectivity index is 1.30. The number of nitrogens with one attached hydrogen (secondary N) is 2. The average molecular weight is 341 g/mol. The van der Waals surface area contributed by atoms with Gasteiger partial charge in [-0.15, -0.1) is 0 Å². The number of rotatable bonds is 5. The minimum Gasteiger partial charge on any atom is -0.494 e. The van der Waals surface area contributed by atoms with E-state index in [4.69, 9.17) is 4.74 Å². The molecule has 5 rings (SSSR count). The molecule has 1 aromatic rings. The molecule has 5 heteroatoms. The van der Waals surface area contributed by atoms with Crippen LogP contribution in [0.2, 0.25) is 0 Å². The second-order valence-electron chi connectivity index (χ2n) is 8.02. The minimum absolute atomic E-state index is 0.0213. The Morgan fingerprint density at radius 3 is 2.32 bits per heavy atom. The summed E-state index contributed by atoms with van der Waals surface area (Å²) in [5.74, 6) is 3.30. The van der Waals surface area contributed by atoms with Crippen LogP contribution in [0.15, 0.2) is 29.4 Å². The fraction of sp³-hybridized carbons (Fsp3) is 0.600. The largest absolute Gasteiger partial charge is 0.494 e. The maximum Gasteiger partial charge on any atom is 0.335 e. The van der Waals surface area contributed by atoms with Gasteiger partial charge in [0.1, 0.15) is 5.75 Å². The molecule has 4 saturated carbocycles. The van der Waals surface area contributed by atoms with E-state index < -0.39 is 0 Å². The molecule has 0 heterocycles. The van der Waals surface area contributed by atoms with Crippen molar-refractivity contribution in [3.8, 4) is 5.75 Å². The number of benzene rings is 1. The third-order valence-corrected chi connectivity index (χ3v) is 5.99. The van der Waals surface area contributed by atoms with Crippen LogP contribution in [0.4, 0.5) is 4.79 Å². The van der Waals surface area contributed by atoms with E-state index in [1.54, 1.807) is 6.21 Å². The molecule has 0 spiro atoms. The SMILES string of the molecule is CCOc1ccc(/C=N\NC(=O)NC23CC4CC(CC(C4)C2)C3)cc1. The van der Waals surface area contributed by atoms with Gasteiger partial charge in [-0.3, -0.25) is 0 Å². The van der Waals surface area contributed by atoms with Crippen LogP contribution in [0.3, 0.4) is 0 Å². The third kappa shape index (κ3) is 3.65. The van der Waals surface area contributed by atoms with Crippen LogP contribution >= 0.6 is 0 Å². The number of nitrogens with zero attached hydrogens (tertiary/aromatic N) is 1. The van der Waals surface area contributed by atoms with Gasteiger partial charge in [-0.1, -0.05) is 0 Å². The summed E-state index contributed by atoms with van der Waals surface area (Å²) in [5, 5.41) is 7.34. The Morgan fingerprint density at radius 1 is 1.16 bits per heavy atom. The van der Waals surface area contributed by atoms with Crippen molar-refractivity contribution in [3.05, 3.63) is 29.8 Å². The molecule has 5 nitrogen and oxygen atoms in total. The highest BCUT2D eigenvalue weighted by Gasteiger charge is 2.51. The van der Waals surface area contributed by atoms with Gasteiger partial charge in [-0.2, -0.15) is 5.10 Å². The number of hydrazone groups is 1. The summed E-state index contributed by atoms with van der Waals surface area (Å²) < 4.78 is 5.41. The van der Waals surface area contributed by atoms with Crippen molar-refractivity contribution in [1.82, 2.24) is 10.7 Å². The number of carbonyl (C=O) groups excluding carboxylic acids is 1. The van der Waals surface area contributed by atoms with Crippen LogP contribution in [0.25, 0.3) is 0 Å². The monoisotopic (exact) mass is 341 g/mol. The summed E-state index contributed by atoms with van der Waals surface area (Å²) in [6.45, 7) is 2.61. The molecule has 25 heavy (non-hydrogen) atoms. The van der Waals surface area contributed by atoms with E-state index in [-0.39, 0.29) is 11.6 Å². The lowest BCUT2D eigenvalue weighted by Crippen LogP contribution is -2.61. The van der Waals surface area contributed by atoms with Crippen LogP contribution in [0, 0.1) is 17.8 Å². The standard InChI is InChI=1S/C20H27N3O2/c1-2-25-18-5-3-14(4-6-18)13-21-23-19(24)22-20-10-15-7-16(11-20)9-17(8-15)12-20/h3-6,13,15-17H,2,7-12H2,1H3,(H2,22,23,24)/b21-13-. The first kappa shape index (κ1) is 16.4. The predicted molar refractivity (Wildman–Crippen MR) is 97.8 cm³/mol. The number of hydrogen-bond donors (Lipinski definition) is 2. The first-order valence-electron chi connectivity index (χ1n) is 9.48. The van der Waals surface area contributed by atoms with Crippen LogP contribution in [0.1, 0.15) is 51.0 Å². The molecular weight excluding hydrogens is 314 g/mol. The zero-order valence-corrected chi connectivity index (χ0v) is 14.8. The highest BCUT2D eigenvalue weighted by Crippen LogP contribution is 2.55. The van der Waals surface area contributed by atoms with Gasteiger partial charge in [0.2, 0.25) is 0 Å². The molecule has 0 aliphatic heterocycles. The van der Waals surface area contributed by atoms with Crippen molar-refractivity contribution < 1.29 is 9.53 Å². The summed E-state index contributed by atoms with van der Waals surface area (Å²) in [5.41, 5.74) is 3.58. The van der Waals surface area contributed by atoms with Crippen LogP contribution in [-0.2, 0) is 0 Å². The van der Waals surface area contributed by atoms with E-state index in [9.17, 15) is 4.79 Å². The van der Waals surface area contributed by atoms with Crippen LogP contribution < -0.4 is 15.5 Å². The maximum absolute atomic E-state index is 12.3. The Bertz CT molecular complexity index is 618. The van der Waals surface area contributed by atoms with Crippen molar-refractivity contribution in [3.63, 3.8) is 0 Å². The Labute approximate surface area is 149 Å². The summed E-state index contributed by atoms with van der Waals surface area (Å²) in [4.78, 5) is 12.3. The summed E-state index contributed by atoms with van der Waals surface area (Å²) in [6.07, 6.45) is 9.23. The molecule has 4 fully saturated rings. The second-order valence-corrected chi connectivity index (χ2v) is 8.02. The van der Waals surface area contributed by atoms with Crippen molar-refractivity contribution in [2.75, 3.05) is 6.61 Å². The molecule has 2 amide bonds. The van der Waals surface area contributed by atoms with E-state index >= 15 is 0 Å². The Kier molecular flexibility index (Phi) is 4.40. The molecule has 0 atom stereocenters. The van der Waals surface area contributed by atoms with Crippen molar-refractivity contribution in [2.24, 2.45) is 22.9 Å². The van der Waals surface area contributed by atoms with Gasteiger partial charge >= 0.3 is 6.03 Å². The second kappa shape index (κ2) is 6.70. The van der Waals surface area contributed by atoms with Gasteiger partial charge in [0.15, 0.2) is 0 Å². The third-order valence-electron chi connectivity index (χ3n) is 5.99. The molecule has 4 aliphatic carbocycles. The van der Waals surface area contributed by atoms with E-state index in [1.807, 2.05) is 31.2 Å². The molecule has 4 bridgehead atoms. The van der Waals surface area contributed by atoms with Gasteiger partial charge in [-0.25, -0.2) is 10.2 Å². The molecule has 0 unspecified atom stereocenters. The fourth-order valence-electron chi connectivity index (χ4n) is 5.51. The first-order chi connectivity index (χ1) is 12.1. The minimum atomic E-state index is -0.177. The lowest BCUT2D eigenvalue weighted by atomic mass is 9.53. The zero-order chi connectivity index (χ0) is 17.3. The van der Waals surface area contributed by atoms with E-state index in [1.165, 1.54) is 19.3 Å². The van der Waals surface area contributed by atoms with Gasteiger partial charge in [0, 0.05) is 5.54 Å². The molecule has 134 valence electrons. The average Bonchev–Trinajstić information content (AvgIpc) is 2.55. The van der Waals surface area contributed by atoms with Crippen molar-refractivity contribution in [2.45, 2.75) is 51.0 Å². The van der Waals surface area contributed by atoms with Gasteiger partial charge in [0.25, 0.3) is 0 Å². The lowest BCUT2D eigenvalue weighted by molar-refractivity contribution is -0.0135. The summed E-state index contributed by atoms with van der Waals surface area (Å²) in [7, 11) is 0. The van der Waals surface area contributed by atoms with Crippen molar-refractivity contribution in [1.29, 1.82) is 0 Å². The molecule has 4 aliphatic rings. The van der Waals surface area contributed by atoms with Crippen molar-refractivity contribution >= 4 is 12.2 Å². The van der Waals surface area contributed by atoms with E-state index in [0.717, 1.165) is 48.3 Å². The smallest absolute Gasteiger partial charge is 0.335 e. The molecule has 2 N–H and O–H groups in total. The summed E-state index contributed by atoms with van der Waals surface area (Å²) in [6, 6.07) is 7.48. The first-order valence-corrected chi connectivity index (χ1v) is 9.48. The molecular formula is C20H27N3O2. The van der Waals surface area contributed by atoms with Gasteiger partial charge < -0.3 is 10.1 Å². The highest BCUT2D eigenvalue weighted by atomic mass is 16.5. The number of amides is 2. The maximum atomic E-state index is 12.3. The quantitative estimate of drug-likeness (QED) is 0.634. The molecule has 0 saturated heterocycles. The Morgan fingerprint density at radius 2 is 1.76 bits per heavy atom. The number of hydrogen-bond acceptors (Lipinski definition) is 3. The topological polar surface area (TPSA) is 62.7 Å². The van der Waals surface area contributed by atoms with Gasteiger partial charge in [0.05, 0.1) is 12.8 Å². The molecule has 0 radical (unpaired) electrons. The lowest BCUT2D eigenvalue weighted by Gasteiger charge is -2.56. The van der Waals surface area contributed by atoms with Crippen LogP contribution in [-0.4, -0.2) is 24.4 Å². The predicted octanol–water partition coefficient (Wildman–Crippen LogP) is 3.69. The number of urea groups is 1. The van der Waals surface area contributed by atoms with E-state index in [0.29, 0.717) is 6.61 Å². The Hall–Kier alpha value is -2.04. The molecule has 0 aromatic heterocycles. The molecule has 1 aromatic carbocycles. The fourth-order valence-corrected chi connectivity index (χ4v) is 5.51. The number of ether oxygens (including phenoxy) is 1. The van der Waals surface area contributed by atoms with Gasteiger partial charge in [-0.05, 0) is 93.0 Å². The highest BCUT2D eigenvalue weighted by molar-refractivity contribution is 5.82. The summed E-state index contributed by atoms with van der Waals surface area (Å²) >= 11 is 0. The normalized spacial score (nSPS) is 32.8. The van der Waals surface area contributed by atoms with Crippen LogP contribution in [0.5, 0.6) is 5.75 Å². The van der Waals surface area contributed by atoms with E-state index in [2.05, 4.69) is 15.8 Å². The zero-order valence-electron chi connectivity index (χ0n) is 14.8.